The molecule has 23 heavy (non-hydrogen) atoms. The number of hydrogen-bond donors (Lipinski definition) is 0. The molecule has 0 saturated carbocycles. The number of imide groups is 1. The second-order valence-electron chi connectivity index (χ2n) is 5.83. The Labute approximate surface area is 133 Å². The lowest BCUT2D eigenvalue weighted by molar-refractivity contribution is -0.140. The first kappa shape index (κ1) is 15.3. The highest BCUT2D eigenvalue weighted by Crippen LogP contribution is 2.20. The van der Waals surface area contributed by atoms with Crippen molar-refractivity contribution in [2.75, 3.05) is 32.8 Å². The number of nitrogens with zero attached hydrogens (tertiary/aromatic N) is 2. The molecule has 2 aliphatic heterocycles. The molecular formula is C16H18N2O5. The Bertz CT molecular complexity index is 606. The van der Waals surface area contributed by atoms with Gasteiger partial charge >= 0.3 is 6.09 Å². The highest BCUT2D eigenvalue weighted by molar-refractivity contribution is 5.97. The van der Waals surface area contributed by atoms with Crippen LogP contribution < -0.4 is 4.74 Å². The van der Waals surface area contributed by atoms with E-state index in [0.717, 1.165) is 10.5 Å². The van der Waals surface area contributed by atoms with E-state index in [1.165, 1.54) is 0 Å². The van der Waals surface area contributed by atoms with Crippen LogP contribution in [0.3, 0.4) is 0 Å². The molecule has 2 heterocycles. The van der Waals surface area contributed by atoms with Crippen molar-refractivity contribution in [3.63, 3.8) is 0 Å². The van der Waals surface area contributed by atoms with Crippen molar-refractivity contribution in [1.82, 2.24) is 9.80 Å². The van der Waals surface area contributed by atoms with Gasteiger partial charge in [0.05, 0.1) is 0 Å². The molecule has 7 nitrogen and oxygen atoms in total. The summed E-state index contributed by atoms with van der Waals surface area (Å²) in [6.07, 6.45) is -0.595. The number of carbonyl (C=O) groups is 3. The van der Waals surface area contributed by atoms with Crippen molar-refractivity contribution in [2.24, 2.45) is 5.92 Å². The van der Waals surface area contributed by atoms with E-state index >= 15 is 0 Å². The Balaban J connectivity index is 1.40. The van der Waals surface area contributed by atoms with E-state index in [0.29, 0.717) is 25.4 Å². The average Bonchev–Trinajstić information content (AvgIpc) is 2.81. The van der Waals surface area contributed by atoms with Gasteiger partial charge in [-0.05, 0) is 19.1 Å². The molecule has 0 aromatic heterocycles. The van der Waals surface area contributed by atoms with E-state index in [-0.39, 0.29) is 30.9 Å². The Hall–Kier alpha value is -2.57. The molecule has 0 unspecified atom stereocenters. The first-order valence-electron chi connectivity index (χ1n) is 7.47. The fourth-order valence-electron chi connectivity index (χ4n) is 2.58. The minimum absolute atomic E-state index is 0.0134. The molecule has 3 rings (SSSR count). The number of carbonyl (C=O) groups excluding carboxylic acids is 3. The summed E-state index contributed by atoms with van der Waals surface area (Å²) in [6.45, 7) is 3.13. The maximum absolute atomic E-state index is 12.0. The third-order valence-electron chi connectivity index (χ3n) is 3.97. The van der Waals surface area contributed by atoms with E-state index in [1.807, 2.05) is 31.2 Å². The largest absolute Gasteiger partial charge is 0.484 e. The minimum Gasteiger partial charge on any atom is -0.484 e. The van der Waals surface area contributed by atoms with Gasteiger partial charge in [0.15, 0.2) is 13.2 Å². The zero-order valence-corrected chi connectivity index (χ0v) is 12.9. The molecule has 2 saturated heterocycles. The molecule has 7 heteroatoms. The first-order chi connectivity index (χ1) is 11.0. The van der Waals surface area contributed by atoms with Gasteiger partial charge in [-0.1, -0.05) is 17.7 Å². The van der Waals surface area contributed by atoms with Crippen LogP contribution in [0, 0.1) is 12.8 Å². The van der Waals surface area contributed by atoms with Gasteiger partial charge in [0.25, 0.3) is 11.8 Å². The van der Waals surface area contributed by atoms with Crippen LogP contribution in [0.2, 0.25) is 0 Å². The lowest BCUT2D eigenvalue weighted by Crippen LogP contribution is -2.55. The molecule has 2 aliphatic rings. The Morgan fingerprint density at radius 2 is 1.96 bits per heavy atom. The summed E-state index contributed by atoms with van der Waals surface area (Å²) in [5.74, 6) is 0.346. The van der Waals surface area contributed by atoms with E-state index < -0.39 is 6.09 Å². The average molecular weight is 318 g/mol. The quantitative estimate of drug-likeness (QED) is 0.803. The summed E-state index contributed by atoms with van der Waals surface area (Å²) in [4.78, 5) is 37.5. The number of cyclic esters (lactones) is 1. The summed E-state index contributed by atoms with van der Waals surface area (Å²) < 4.78 is 10.1. The number of likely N-dealkylation sites (tertiary alicyclic amines) is 1. The Kier molecular flexibility index (Phi) is 4.18. The van der Waals surface area contributed by atoms with Crippen molar-refractivity contribution in [1.29, 1.82) is 0 Å². The number of ether oxygens (including phenoxy) is 2. The SMILES string of the molecule is Cc1ccc(OCC(=O)N2CC(CN3C(=O)COC3=O)C2)cc1. The highest BCUT2D eigenvalue weighted by atomic mass is 16.6. The van der Waals surface area contributed by atoms with Crippen molar-refractivity contribution in [2.45, 2.75) is 6.92 Å². The van der Waals surface area contributed by atoms with Gasteiger partial charge in [-0.3, -0.25) is 9.59 Å². The van der Waals surface area contributed by atoms with Gasteiger partial charge in [-0.2, -0.15) is 0 Å². The van der Waals surface area contributed by atoms with Crippen LogP contribution in [-0.2, 0) is 14.3 Å². The highest BCUT2D eigenvalue weighted by Gasteiger charge is 2.38. The van der Waals surface area contributed by atoms with Crippen LogP contribution in [0.25, 0.3) is 0 Å². The molecule has 0 spiro atoms. The van der Waals surface area contributed by atoms with Gasteiger partial charge in [0.1, 0.15) is 5.75 Å². The number of aryl methyl sites for hydroxylation is 1. The van der Waals surface area contributed by atoms with Crippen LogP contribution in [-0.4, -0.2) is 60.6 Å². The third-order valence-corrected chi connectivity index (χ3v) is 3.97. The van der Waals surface area contributed by atoms with Crippen molar-refractivity contribution in [3.05, 3.63) is 29.8 Å². The molecule has 1 aromatic carbocycles. The van der Waals surface area contributed by atoms with Crippen molar-refractivity contribution < 1.29 is 23.9 Å². The van der Waals surface area contributed by atoms with Gasteiger partial charge in [-0.25, -0.2) is 9.69 Å². The molecule has 2 fully saturated rings. The number of hydrogen-bond acceptors (Lipinski definition) is 5. The van der Waals surface area contributed by atoms with Crippen LogP contribution in [0.4, 0.5) is 4.79 Å². The normalized spacial score (nSPS) is 18.0. The van der Waals surface area contributed by atoms with Gasteiger partial charge in [-0.15, -0.1) is 0 Å². The second kappa shape index (κ2) is 6.28. The zero-order valence-electron chi connectivity index (χ0n) is 12.9. The van der Waals surface area contributed by atoms with Gasteiger partial charge < -0.3 is 14.4 Å². The predicted molar refractivity (Wildman–Crippen MR) is 79.8 cm³/mol. The maximum Gasteiger partial charge on any atom is 0.417 e. The molecular weight excluding hydrogens is 300 g/mol. The van der Waals surface area contributed by atoms with Crippen LogP contribution in [0.5, 0.6) is 5.75 Å². The fraction of sp³-hybridized carbons (Fsp3) is 0.438. The zero-order chi connectivity index (χ0) is 16.4. The minimum atomic E-state index is -0.595. The standard InChI is InChI=1S/C16H18N2O5/c1-11-2-4-13(5-3-11)22-9-14(19)17-6-12(7-17)8-18-15(20)10-23-16(18)21/h2-5,12H,6-10H2,1H3. The monoisotopic (exact) mass is 318 g/mol. The first-order valence-corrected chi connectivity index (χ1v) is 7.47. The Morgan fingerprint density at radius 3 is 2.57 bits per heavy atom. The smallest absolute Gasteiger partial charge is 0.417 e. The van der Waals surface area contributed by atoms with Gasteiger partial charge in [0.2, 0.25) is 0 Å². The Morgan fingerprint density at radius 1 is 1.26 bits per heavy atom. The number of benzene rings is 1. The summed E-state index contributed by atoms with van der Waals surface area (Å²) in [5.41, 5.74) is 1.13. The molecule has 122 valence electrons. The lowest BCUT2D eigenvalue weighted by Gasteiger charge is -2.40. The van der Waals surface area contributed by atoms with Crippen LogP contribution in [0.1, 0.15) is 5.56 Å². The molecule has 1 aromatic rings. The molecule has 0 N–H and O–H groups in total. The van der Waals surface area contributed by atoms with Crippen LogP contribution >= 0.6 is 0 Å². The summed E-state index contributed by atoms with van der Waals surface area (Å²) in [7, 11) is 0. The number of rotatable bonds is 5. The summed E-state index contributed by atoms with van der Waals surface area (Å²) in [5, 5.41) is 0. The van der Waals surface area contributed by atoms with Crippen molar-refractivity contribution >= 4 is 17.9 Å². The van der Waals surface area contributed by atoms with E-state index in [1.54, 1.807) is 4.90 Å². The predicted octanol–water partition coefficient (Wildman–Crippen LogP) is 0.811. The maximum atomic E-state index is 12.0. The van der Waals surface area contributed by atoms with Crippen LogP contribution in [0.15, 0.2) is 24.3 Å². The molecule has 0 aliphatic carbocycles. The van der Waals surface area contributed by atoms with E-state index in [9.17, 15) is 14.4 Å². The third kappa shape index (κ3) is 3.44. The van der Waals surface area contributed by atoms with E-state index in [4.69, 9.17) is 4.74 Å². The molecule has 0 bridgehead atoms. The number of amides is 3. The van der Waals surface area contributed by atoms with E-state index in [2.05, 4.69) is 4.74 Å². The molecule has 3 amide bonds. The lowest BCUT2D eigenvalue weighted by atomic mass is 9.99. The topological polar surface area (TPSA) is 76.2 Å². The van der Waals surface area contributed by atoms with Crippen molar-refractivity contribution in [3.8, 4) is 5.75 Å². The summed E-state index contributed by atoms with van der Waals surface area (Å²) >= 11 is 0. The van der Waals surface area contributed by atoms with Gasteiger partial charge in [0, 0.05) is 25.6 Å². The molecule has 0 radical (unpaired) electrons. The summed E-state index contributed by atoms with van der Waals surface area (Å²) in [6, 6.07) is 7.50. The molecule has 0 atom stereocenters. The fourth-order valence-corrected chi connectivity index (χ4v) is 2.58. The second-order valence-corrected chi connectivity index (χ2v) is 5.83.